The molecule has 0 spiro atoms. The van der Waals surface area contributed by atoms with Gasteiger partial charge in [-0.1, -0.05) is 28.1 Å². The molecular formula is C13H10BrFO. The molecule has 3 heteroatoms. The second-order valence-corrected chi connectivity index (χ2v) is 4.38. The Morgan fingerprint density at radius 2 is 1.94 bits per heavy atom. The van der Waals surface area contributed by atoms with Crippen molar-refractivity contribution in [2.45, 2.75) is 6.92 Å². The van der Waals surface area contributed by atoms with Gasteiger partial charge in [0.1, 0.15) is 17.3 Å². The van der Waals surface area contributed by atoms with E-state index in [0.717, 1.165) is 15.8 Å². The molecule has 0 fully saturated rings. The van der Waals surface area contributed by atoms with Crippen LogP contribution in [0, 0.1) is 12.7 Å². The van der Waals surface area contributed by atoms with Crippen molar-refractivity contribution in [3.8, 4) is 11.5 Å². The lowest BCUT2D eigenvalue weighted by atomic mass is 10.2. The van der Waals surface area contributed by atoms with Gasteiger partial charge >= 0.3 is 0 Å². The van der Waals surface area contributed by atoms with E-state index in [9.17, 15) is 4.39 Å². The highest BCUT2D eigenvalue weighted by Crippen LogP contribution is 2.28. The molecule has 2 aromatic rings. The molecule has 0 saturated carbocycles. The van der Waals surface area contributed by atoms with E-state index in [2.05, 4.69) is 15.9 Å². The maximum absolute atomic E-state index is 13.0. The van der Waals surface area contributed by atoms with E-state index in [-0.39, 0.29) is 5.82 Å². The molecule has 2 aromatic carbocycles. The predicted molar refractivity (Wildman–Crippen MR) is 65.4 cm³/mol. The smallest absolute Gasteiger partial charge is 0.131 e. The maximum atomic E-state index is 13.0. The third kappa shape index (κ3) is 2.61. The van der Waals surface area contributed by atoms with E-state index >= 15 is 0 Å². The Morgan fingerprint density at radius 1 is 1.12 bits per heavy atom. The van der Waals surface area contributed by atoms with Gasteiger partial charge in [0.15, 0.2) is 0 Å². The van der Waals surface area contributed by atoms with Gasteiger partial charge in [-0.25, -0.2) is 4.39 Å². The first-order chi connectivity index (χ1) is 7.65. The van der Waals surface area contributed by atoms with Crippen LogP contribution in [0.15, 0.2) is 46.9 Å². The number of benzene rings is 2. The van der Waals surface area contributed by atoms with Gasteiger partial charge in [-0.3, -0.25) is 0 Å². The average Bonchev–Trinajstić information content (AvgIpc) is 2.24. The molecule has 0 unspecified atom stereocenters. The zero-order valence-electron chi connectivity index (χ0n) is 8.71. The zero-order chi connectivity index (χ0) is 11.5. The fraction of sp³-hybridized carbons (Fsp3) is 0.0769. The third-order valence-corrected chi connectivity index (χ3v) is 2.67. The van der Waals surface area contributed by atoms with E-state index in [4.69, 9.17) is 4.74 Å². The van der Waals surface area contributed by atoms with E-state index in [0.29, 0.717) is 5.75 Å². The van der Waals surface area contributed by atoms with Gasteiger partial charge in [0.25, 0.3) is 0 Å². The molecule has 82 valence electrons. The summed E-state index contributed by atoms with van der Waals surface area (Å²) in [4.78, 5) is 0. The van der Waals surface area contributed by atoms with Gasteiger partial charge in [0.2, 0.25) is 0 Å². The molecule has 2 rings (SSSR count). The summed E-state index contributed by atoms with van der Waals surface area (Å²) in [5, 5.41) is 0. The lowest BCUT2D eigenvalue weighted by Crippen LogP contribution is -1.88. The van der Waals surface area contributed by atoms with Crippen LogP contribution in [0.25, 0.3) is 0 Å². The quantitative estimate of drug-likeness (QED) is 0.776. The number of hydrogen-bond donors (Lipinski definition) is 0. The van der Waals surface area contributed by atoms with Crippen molar-refractivity contribution in [3.63, 3.8) is 0 Å². The molecule has 0 aliphatic heterocycles. The first-order valence-electron chi connectivity index (χ1n) is 4.85. The van der Waals surface area contributed by atoms with Crippen LogP contribution in [0.2, 0.25) is 0 Å². The Hall–Kier alpha value is -1.35. The standard InChI is InChI=1S/C13H10BrFO/c1-9-5-6-10(14)7-13(9)16-12-4-2-3-11(15)8-12/h2-8H,1H3. The Bertz CT molecular complexity index is 511. The highest BCUT2D eigenvalue weighted by Gasteiger charge is 2.03. The van der Waals surface area contributed by atoms with Gasteiger partial charge in [-0.05, 0) is 36.8 Å². The first-order valence-corrected chi connectivity index (χ1v) is 5.64. The predicted octanol–water partition coefficient (Wildman–Crippen LogP) is 4.69. The van der Waals surface area contributed by atoms with E-state index in [1.165, 1.54) is 12.1 Å². The summed E-state index contributed by atoms with van der Waals surface area (Å²) in [5.41, 5.74) is 1.01. The van der Waals surface area contributed by atoms with Crippen LogP contribution in [-0.4, -0.2) is 0 Å². The molecular weight excluding hydrogens is 271 g/mol. The second kappa shape index (κ2) is 4.66. The lowest BCUT2D eigenvalue weighted by Gasteiger charge is -2.08. The number of hydrogen-bond acceptors (Lipinski definition) is 1. The summed E-state index contributed by atoms with van der Waals surface area (Å²) in [5.74, 6) is 0.923. The summed E-state index contributed by atoms with van der Waals surface area (Å²) in [6.07, 6.45) is 0. The molecule has 16 heavy (non-hydrogen) atoms. The van der Waals surface area contributed by atoms with Gasteiger partial charge in [0, 0.05) is 10.5 Å². The Balaban J connectivity index is 2.30. The summed E-state index contributed by atoms with van der Waals surface area (Å²) in [6, 6.07) is 11.8. The SMILES string of the molecule is Cc1ccc(Br)cc1Oc1cccc(F)c1. The summed E-state index contributed by atoms with van der Waals surface area (Å²) in [6.45, 7) is 1.95. The maximum Gasteiger partial charge on any atom is 0.131 e. The number of halogens is 2. The topological polar surface area (TPSA) is 9.23 Å². The monoisotopic (exact) mass is 280 g/mol. The normalized spacial score (nSPS) is 10.2. The number of ether oxygens (including phenoxy) is 1. The van der Waals surface area contributed by atoms with Crippen molar-refractivity contribution >= 4 is 15.9 Å². The average molecular weight is 281 g/mol. The molecule has 0 saturated heterocycles. The second-order valence-electron chi connectivity index (χ2n) is 3.47. The Morgan fingerprint density at radius 3 is 2.69 bits per heavy atom. The van der Waals surface area contributed by atoms with Gasteiger partial charge in [-0.15, -0.1) is 0 Å². The minimum atomic E-state index is -0.301. The number of aryl methyl sites for hydroxylation is 1. The molecule has 0 aliphatic carbocycles. The highest BCUT2D eigenvalue weighted by atomic mass is 79.9. The van der Waals surface area contributed by atoms with Crippen LogP contribution in [0.1, 0.15) is 5.56 Å². The molecule has 0 aromatic heterocycles. The highest BCUT2D eigenvalue weighted by molar-refractivity contribution is 9.10. The molecule has 0 amide bonds. The minimum Gasteiger partial charge on any atom is -0.457 e. The summed E-state index contributed by atoms with van der Waals surface area (Å²) < 4.78 is 19.5. The third-order valence-electron chi connectivity index (χ3n) is 2.17. The first kappa shape index (κ1) is 11.1. The van der Waals surface area contributed by atoms with Crippen LogP contribution in [0.5, 0.6) is 11.5 Å². The van der Waals surface area contributed by atoms with Crippen molar-refractivity contribution in [1.29, 1.82) is 0 Å². The molecule has 0 bridgehead atoms. The number of rotatable bonds is 2. The summed E-state index contributed by atoms with van der Waals surface area (Å²) in [7, 11) is 0. The Kier molecular flexibility index (Phi) is 3.25. The van der Waals surface area contributed by atoms with Crippen molar-refractivity contribution in [1.82, 2.24) is 0 Å². The van der Waals surface area contributed by atoms with Gasteiger partial charge < -0.3 is 4.74 Å². The van der Waals surface area contributed by atoms with Gasteiger partial charge in [0.05, 0.1) is 0 Å². The molecule has 0 atom stereocenters. The molecule has 0 radical (unpaired) electrons. The van der Waals surface area contributed by atoms with Crippen molar-refractivity contribution in [2.75, 3.05) is 0 Å². The van der Waals surface area contributed by atoms with E-state index in [1.54, 1.807) is 12.1 Å². The molecule has 1 nitrogen and oxygen atoms in total. The van der Waals surface area contributed by atoms with E-state index < -0.39 is 0 Å². The minimum absolute atomic E-state index is 0.301. The van der Waals surface area contributed by atoms with Crippen molar-refractivity contribution in [2.24, 2.45) is 0 Å². The van der Waals surface area contributed by atoms with Crippen LogP contribution in [0.3, 0.4) is 0 Å². The summed E-state index contributed by atoms with van der Waals surface area (Å²) >= 11 is 3.37. The molecule has 0 heterocycles. The van der Waals surface area contributed by atoms with Crippen molar-refractivity contribution < 1.29 is 9.13 Å². The lowest BCUT2D eigenvalue weighted by molar-refractivity contribution is 0.473. The van der Waals surface area contributed by atoms with Crippen molar-refractivity contribution in [3.05, 3.63) is 58.3 Å². The van der Waals surface area contributed by atoms with Crippen LogP contribution < -0.4 is 4.74 Å². The zero-order valence-corrected chi connectivity index (χ0v) is 10.3. The largest absolute Gasteiger partial charge is 0.457 e. The fourth-order valence-electron chi connectivity index (χ4n) is 1.34. The Labute approximate surface area is 102 Å². The van der Waals surface area contributed by atoms with Crippen LogP contribution >= 0.6 is 15.9 Å². The molecule has 0 aliphatic rings. The van der Waals surface area contributed by atoms with Crippen LogP contribution in [-0.2, 0) is 0 Å². The van der Waals surface area contributed by atoms with E-state index in [1.807, 2.05) is 25.1 Å². The molecule has 0 N–H and O–H groups in total. The fourth-order valence-corrected chi connectivity index (χ4v) is 1.68. The van der Waals surface area contributed by atoms with Crippen LogP contribution in [0.4, 0.5) is 4.39 Å². The van der Waals surface area contributed by atoms with Gasteiger partial charge in [-0.2, -0.15) is 0 Å².